The zero-order valence-electron chi connectivity index (χ0n) is 10.2. The van der Waals surface area contributed by atoms with E-state index in [4.69, 9.17) is 0 Å². The molecule has 6 nitrogen and oxygen atoms in total. The van der Waals surface area contributed by atoms with Crippen molar-refractivity contribution in [2.75, 3.05) is 11.9 Å². The van der Waals surface area contributed by atoms with E-state index in [-0.39, 0.29) is 0 Å². The quantitative estimate of drug-likeness (QED) is 0.803. The molecule has 0 atom stereocenters. The molecule has 3 heterocycles. The van der Waals surface area contributed by atoms with E-state index in [9.17, 15) is 0 Å². The van der Waals surface area contributed by atoms with E-state index in [1.54, 1.807) is 17.1 Å². The van der Waals surface area contributed by atoms with Gasteiger partial charge >= 0.3 is 0 Å². The molecule has 0 spiro atoms. The molecule has 0 aliphatic heterocycles. The molecular formula is C12H11BrN6. The number of nitrogens with zero attached hydrogens (tertiary/aromatic N) is 5. The van der Waals surface area contributed by atoms with Gasteiger partial charge in [-0.2, -0.15) is 9.78 Å². The molecule has 0 fully saturated rings. The Hall–Kier alpha value is -2.02. The Kier molecular flexibility index (Phi) is 3.12. The van der Waals surface area contributed by atoms with Crippen LogP contribution in [0.25, 0.3) is 16.9 Å². The molecule has 0 amide bonds. The minimum absolute atomic E-state index is 0.722. The van der Waals surface area contributed by atoms with Gasteiger partial charge < -0.3 is 5.32 Å². The van der Waals surface area contributed by atoms with Crippen molar-refractivity contribution >= 4 is 32.8 Å². The summed E-state index contributed by atoms with van der Waals surface area (Å²) in [5, 5.41) is 8.41. The summed E-state index contributed by atoms with van der Waals surface area (Å²) in [6.07, 6.45) is 5.00. The standard InChI is InChI=1S/C12H11BrN6/c1-2-14-11-9-6-18-19(12(9)17-7-16-11)10-4-3-8(13)5-15-10/h3-7H,2H2,1H3,(H,14,16,17). The molecule has 96 valence electrons. The average Bonchev–Trinajstić information content (AvgIpc) is 2.85. The van der Waals surface area contributed by atoms with Gasteiger partial charge in [0.1, 0.15) is 12.1 Å². The first-order valence-corrected chi connectivity index (χ1v) is 6.63. The monoisotopic (exact) mass is 318 g/mol. The normalized spacial score (nSPS) is 10.8. The first kappa shape index (κ1) is 12.0. The van der Waals surface area contributed by atoms with E-state index < -0.39 is 0 Å². The Bertz CT molecular complexity index is 706. The number of rotatable bonds is 3. The highest BCUT2D eigenvalue weighted by Crippen LogP contribution is 2.21. The molecule has 0 saturated carbocycles. The van der Waals surface area contributed by atoms with Crippen molar-refractivity contribution < 1.29 is 0 Å². The Balaban J connectivity index is 2.15. The van der Waals surface area contributed by atoms with Crippen LogP contribution >= 0.6 is 15.9 Å². The van der Waals surface area contributed by atoms with Crippen LogP contribution in [0.5, 0.6) is 0 Å². The van der Waals surface area contributed by atoms with Crippen LogP contribution in [0.15, 0.2) is 35.3 Å². The number of fused-ring (bicyclic) bond motifs is 1. The first-order chi connectivity index (χ1) is 9.29. The number of hydrogen-bond donors (Lipinski definition) is 1. The van der Waals surface area contributed by atoms with Gasteiger partial charge in [-0.25, -0.2) is 15.0 Å². The van der Waals surface area contributed by atoms with Gasteiger partial charge in [0.15, 0.2) is 11.5 Å². The minimum atomic E-state index is 0.722. The highest BCUT2D eigenvalue weighted by Gasteiger charge is 2.10. The molecule has 3 aromatic rings. The Morgan fingerprint density at radius 2 is 2.11 bits per heavy atom. The average molecular weight is 319 g/mol. The van der Waals surface area contributed by atoms with Crippen LogP contribution in [-0.2, 0) is 0 Å². The van der Waals surface area contributed by atoms with Crippen molar-refractivity contribution in [3.63, 3.8) is 0 Å². The van der Waals surface area contributed by atoms with Gasteiger partial charge in [-0.3, -0.25) is 0 Å². The van der Waals surface area contributed by atoms with E-state index in [0.29, 0.717) is 0 Å². The number of hydrogen-bond acceptors (Lipinski definition) is 5. The van der Waals surface area contributed by atoms with Crippen LogP contribution in [0.4, 0.5) is 5.82 Å². The molecule has 7 heteroatoms. The number of nitrogens with one attached hydrogen (secondary N) is 1. The number of halogens is 1. The first-order valence-electron chi connectivity index (χ1n) is 5.84. The van der Waals surface area contributed by atoms with E-state index in [2.05, 4.69) is 41.3 Å². The lowest BCUT2D eigenvalue weighted by atomic mass is 10.4. The Labute approximate surface area is 118 Å². The van der Waals surface area contributed by atoms with E-state index >= 15 is 0 Å². The van der Waals surface area contributed by atoms with Crippen molar-refractivity contribution in [2.45, 2.75) is 6.92 Å². The zero-order valence-corrected chi connectivity index (χ0v) is 11.8. The molecular weight excluding hydrogens is 308 g/mol. The molecule has 0 saturated heterocycles. The number of pyridine rings is 1. The molecule has 0 aliphatic rings. The molecule has 0 radical (unpaired) electrons. The number of aromatic nitrogens is 5. The van der Waals surface area contributed by atoms with E-state index in [1.807, 2.05) is 19.1 Å². The SMILES string of the molecule is CCNc1ncnc2c1cnn2-c1ccc(Br)cn1. The van der Waals surface area contributed by atoms with Crippen LogP contribution in [0, 0.1) is 0 Å². The van der Waals surface area contributed by atoms with Crippen molar-refractivity contribution in [1.82, 2.24) is 24.7 Å². The summed E-state index contributed by atoms with van der Waals surface area (Å²) in [4.78, 5) is 12.8. The Morgan fingerprint density at radius 1 is 1.21 bits per heavy atom. The van der Waals surface area contributed by atoms with Crippen molar-refractivity contribution in [3.05, 3.63) is 35.3 Å². The van der Waals surface area contributed by atoms with Crippen LogP contribution in [0.2, 0.25) is 0 Å². The summed E-state index contributed by atoms with van der Waals surface area (Å²) in [5.74, 6) is 1.51. The number of anilines is 1. The summed E-state index contributed by atoms with van der Waals surface area (Å²) < 4.78 is 2.63. The maximum Gasteiger partial charge on any atom is 0.170 e. The fraction of sp³-hybridized carbons (Fsp3) is 0.167. The molecule has 0 aliphatic carbocycles. The largest absolute Gasteiger partial charge is 0.370 e. The molecule has 3 aromatic heterocycles. The van der Waals surface area contributed by atoms with Crippen LogP contribution in [0.1, 0.15) is 6.92 Å². The predicted octanol–water partition coefficient (Wildman–Crippen LogP) is 2.40. The van der Waals surface area contributed by atoms with Gasteiger partial charge in [0.25, 0.3) is 0 Å². The molecule has 0 bridgehead atoms. The second-order valence-electron chi connectivity index (χ2n) is 3.88. The van der Waals surface area contributed by atoms with Gasteiger partial charge in [0.05, 0.1) is 11.6 Å². The molecule has 1 N–H and O–H groups in total. The lowest BCUT2D eigenvalue weighted by molar-refractivity contribution is 0.860. The maximum atomic E-state index is 4.33. The fourth-order valence-corrected chi connectivity index (χ4v) is 2.05. The summed E-state index contributed by atoms with van der Waals surface area (Å²) in [6.45, 7) is 2.82. The van der Waals surface area contributed by atoms with Crippen molar-refractivity contribution in [1.29, 1.82) is 0 Å². The molecule has 0 unspecified atom stereocenters. The second-order valence-corrected chi connectivity index (χ2v) is 4.80. The second kappa shape index (κ2) is 4.93. The highest BCUT2D eigenvalue weighted by molar-refractivity contribution is 9.10. The van der Waals surface area contributed by atoms with Crippen LogP contribution in [0.3, 0.4) is 0 Å². The summed E-state index contributed by atoms with van der Waals surface area (Å²) in [6, 6.07) is 3.80. The van der Waals surface area contributed by atoms with Crippen LogP contribution < -0.4 is 5.32 Å². The summed E-state index contributed by atoms with van der Waals surface area (Å²) in [5.41, 5.74) is 0.737. The van der Waals surface area contributed by atoms with Crippen molar-refractivity contribution in [3.8, 4) is 5.82 Å². The van der Waals surface area contributed by atoms with Crippen LogP contribution in [-0.4, -0.2) is 31.3 Å². The summed E-state index contributed by atoms with van der Waals surface area (Å²) in [7, 11) is 0. The molecule has 19 heavy (non-hydrogen) atoms. The zero-order chi connectivity index (χ0) is 13.2. The highest BCUT2D eigenvalue weighted by atomic mass is 79.9. The van der Waals surface area contributed by atoms with Gasteiger partial charge in [-0.05, 0) is 35.0 Å². The summed E-state index contributed by atoms with van der Waals surface area (Å²) >= 11 is 3.36. The fourth-order valence-electron chi connectivity index (χ4n) is 1.81. The third-order valence-electron chi connectivity index (χ3n) is 2.64. The van der Waals surface area contributed by atoms with Gasteiger partial charge in [0.2, 0.25) is 0 Å². The lowest BCUT2D eigenvalue weighted by Crippen LogP contribution is -2.02. The third kappa shape index (κ3) is 2.17. The predicted molar refractivity (Wildman–Crippen MR) is 76.3 cm³/mol. The van der Waals surface area contributed by atoms with Gasteiger partial charge in [0, 0.05) is 17.2 Å². The van der Waals surface area contributed by atoms with E-state index in [1.165, 1.54) is 6.33 Å². The van der Waals surface area contributed by atoms with E-state index in [0.717, 1.165) is 33.7 Å². The third-order valence-corrected chi connectivity index (χ3v) is 3.11. The van der Waals surface area contributed by atoms with Crippen molar-refractivity contribution in [2.24, 2.45) is 0 Å². The minimum Gasteiger partial charge on any atom is -0.370 e. The smallest absolute Gasteiger partial charge is 0.170 e. The molecule has 3 rings (SSSR count). The molecule has 0 aromatic carbocycles. The Morgan fingerprint density at radius 3 is 2.84 bits per heavy atom. The van der Waals surface area contributed by atoms with Gasteiger partial charge in [-0.15, -0.1) is 0 Å². The topological polar surface area (TPSA) is 68.5 Å². The van der Waals surface area contributed by atoms with Gasteiger partial charge in [-0.1, -0.05) is 0 Å². The lowest BCUT2D eigenvalue weighted by Gasteiger charge is -2.04. The maximum absolute atomic E-state index is 4.33.